The summed E-state index contributed by atoms with van der Waals surface area (Å²) < 4.78 is 5.27. The molecule has 2 aromatic rings. The summed E-state index contributed by atoms with van der Waals surface area (Å²) in [6, 6.07) is 13.1. The highest BCUT2D eigenvalue weighted by atomic mass is 16.5. The lowest BCUT2D eigenvalue weighted by Gasteiger charge is -2.25. The predicted molar refractivity (Wildman–Crippen MR) is 101 cm³/mol. The number of carbonyl (C=O) groups is 3. The molecule has 0 heterocycles. The van der Waals surface area contributed by atoms with Crippen molar-refractivity contribution < 1.29 is 24.2 Å². The first-order valence-electron chi connectivity index (χ1n) is 8.53. The van der Waals surface area contributed by atoms with Crippen molar-refractivity contribution in [2.75, 3.05) is 14.2 Å². The normalized spacial score (nSPS) is 11.5. The van der Waals surface area contributed by atoms with E-state index in [9.17, 15) is 19.5 Å². The molecule has 6 heteroatoms. The van der Waals surface area contributed by atoms with Crippen LogP contribution in [0.4, 0.5) is 0 Å². The highest BCUT2D eigenvalue weighted by Crippen LogP contribution is 2.22. The summed E-state index contributed by atoms with van der Waals surface area (Å²) in [5, 5.41) is 9.57. The van der Waals surface area contributed by atoms with E-state index in [-0.39, 0.29) is 24.5 Å². The van der Waals surface area contributed by atoms with Gasteiger partial charge in [0, 0.05) is 24.6 Å². The number of nitrogens with zero attached hydrogens (tertiary/aromatic N) is 1. The summed E-state index contributed by atoms with van der Waals surface area (Å²) in [7, 11) is 2.96. The number of Topliss-reactive ketones (excluding diaryl/α,β-unsaturated/α-hetero) is 1. The van der Waals surface area contributed by atoms with E-state index in [0.29, 0.717) is 16.9 Å². The molecule has 142 valence electrons. The standard InChI is InChI=1S/C21H23NO5/c1-14(23)16-9-10-19(27-3)17(12-16)13-20(24)22(2)18(21(25)26)11-15-7-5-4-6-8-15/h4-10,12,18H,11,13H2,1-3H3,(H,25,26). The van der Waals surface area contributed by atoms with Gasteiger partial charge in [0.15, 0.2) is 5.78 Å². The van der Waals surface area contributed by atoms with E-state index in [1.165, 1.54) is 26.0 Å². The SMILES string of the molecule is COc1ccc(C(C)=O)cc1CC(=O)N(C)C(Cc1ccccc1)C(=O)O. The number of hydrogen-bond donors (Lipinski definition) is 1. The Morgan fingerprint density at radius 1 is 1.11 bits per heavy atom. The van der Waals surface area contributed by atoms with Crippen molar-refractivity contribution in [3.63, 3.8) is 0 Å². The second-order valence-corrected chi connectivity index (χ2v) is 6.31. The molecule has 2 rings (SSSR count). The van der Waals surface area contributed by atoms with Crippen molar-refractivity contribution in [3.05, 3.63) is 65.2 Å². The minimum Gasteiger partial charge on any atom is -0.496 e. The summed E-state index contributed by atoms with van der Waals surface area (Å²) in [4.78, 5) is 37.3. The van der Waals surface area contributed by atoms with Gasteiger partial charge in [-0.2, -0.15) is 0 Å². The van der Waals surface area contributed by atoms with E-state index in [1.807, 2.05) is 30.3 Å². The van der Waals surface area contributed by atoms with Gasteiger partial charge in [0.2, 0.25) is 5.91 Å². The number of aliphatic carboxylic acids is 1. The molecule has 0 aliphatic rings. The maximum Gasteiger partial charge on any atom is 0.326 e. The fourth-order valence-electron chi connectivity index (χ4n) is 2.82. The number of carbonyl (C=O) groups excluding carboxylic acids is 2. The molecule has 1 unspecified atom stereocenters. The molecular weight excluding hydrogens is 346 g/mol. The van der Waals surface area contributed by atoms with Gasteiger partial charge < -0.3 is 14.7 Å². The molecular formula is C21H23NO5. The maximum atomic E-state index is 12.7. The minimum atomic E-state index is -1.07. The molecule has 2 aromatic carbocycles. The van der Waals surface area contributed by atoms with Gasteiger partial charge in [-0.15, -0.1) is 0 Å². The van der Waals surface area contributed by atoms with Crippen LogP contribution in [0.5, 0.6) is 5.75 Å². The van der Waals surface area contributed by atoms with E-state index in [1.54, 1.807) is 18.2 Å². The molecule has 1 N–H and O–H groups in total. The molecule has 0 radical (unpaired) electrons. The van der Waals surface area contributed by atoms with Crippen LogP contribution in [0.1, 0.15) is 28.4 Å². The van der Waals surface area contributed by atoms with Crippen LogP contribution >= 0.6 is 0 Å². The summed E-state index contributed by atoms with van der Waals surface area (Å²) in [5.74, 6) is -1.07. The second kappa shape index (κ2) is 8.98. The molecule has 0 bridgehead atoms. The maximum absolute atomic E-state index is 12.7. The number of rotatable bonds is 8. The quantitative estimate of drug-likeness (QED) is 0.723. The Bertz CT molecular complexity index is 832. The summed E-state index contributed by atoms with van der Waals surface area (Å²) in [5.41, 5.74) is 1.85. The molecule has 0 fully saturated rings. The van der Waals surface area contributed by atoms with Gasteiger partial charge in [0.1, 0.15) is 11.8 Å². The Morgan fingerprint density at radius 3 is 2.33 bits per heavy atom. The second-order valence-electron chi connectivity index (χ2n) is 6.31. The fraction of sp³-hybridized carbons (Fsp3) is 0.286. The first-order chi connectivity index (χ1) is 12.8. The molecule has 1 amide bonds. The molecule has 0 spiro atoms. The van der Waals surface area contributed by atoms with E-state index in [0.717, 1.165) is 5.56 Å². The van der Waals surface area contributed by atoms with Crippen LogP contribution in [0.25, 0.3) is 0 Å². The van der Waals surface area contributed by atoms with Gasteiger partial charge >= 0.3 is 5.97 Å². The van der Waals surface area contributed by atoms with E-state index in [4.69, 9.17) is 4.74 Å². The fourth-order valence-corrected chi connectivity index (χ4v) is 2.82. The lowest BCUT2D eigenvalue weighted by atomic mass is 10.0. The zero-order valence-corrected chi connectivity index (χ0v) is 15.6. The topological polar surface area (TPSA) is 83.9 Å². The predicted octanol–water partition coefficient (Wildman–Crippen LogP) is 2.59. The number of amides is 1. The van der Waals surface area contributed by atoms with Crippen LogP contribution in [0.3, 0.4) is 0 Å². The zero-order chi connectivity index (χ0) is 20.0. The smallest absolute Gasteiger partial charge is 0.326 e. The van der Waals surface area contributed by atoms with Gasteiger partial charge in [-0.3, -0.25) is 9.59 Å². The first-order valence-corrected chi connectivity index (χ1v) is 8.53. The number of ketones is 1. The zero-order valence-electron chi connectivity index (χ0n) is 15.6. The van der Waals surface area contributed by atoms with Crippen LogP contribution in [-0.4, -0.2) is 47.9 Å². The average molecular weight is 369 g/mol. The van der Waals surface area contributed by atoms with Gasteiger partial charge in [-0.05, 0) is 30.7 Å². The van der Waals surface area contributed by atoms with E-state index >= 15 is 0 Å². The Balaban J connectivity index is 2.21. The third kappa shape index (κ3) is 5.17. The van der Waals surface area contributed by atoms with Crippen molar-refractivity contribution in [2.24, 2.45) is 0 Å². The molecule has 0 saturated carbocycles. The largest absolute Gasteiger partial charge is 0.496 e. The van der Waals surface area contributed by atoms with Gasteiger partial charge in [0.05, 0.1) is 13.5 Å². The number of carboxylic acids is 1. The van der Waals surface area contributed by atoms with Gasteiger partial charge in [-0.1, -0.05) is 30.3 Å². The number of ether oxygens (including phenoxy) is 1. The highest BCUT2D eigenvalue weighted by molar-refractivity contribution is 5.95. The Kier molecular flexibility index (Phi) is 6.71. The van der Waals surface area contributed by atoms with Crippen LogP contribution in [0.2, 0.25) is 0 Å². The minimum absolute atomic E-state index is 0.0562. The van der Waals surface area contributed by atoms with Crippen LogP contribution in [-0.2, 0) is 22.4 Å². The Morgan fingerprint density at radius 2 is 1.78 bits per heavy atom. The molecule has 6 nitrogen and oxygen atoms in total. The first kappa shape index (κ1) is 20.2. The van der Waals surface area contributed by atoms with Crippen molar-refractivity contribution in [1.82, 2.24) is 4.90 Å². The molecule has 27 heavy (non-hydrogen) atoms. The third-order valence-electron chi connectivity index (χ3n) is 4.45. The van der Waals surface area contributed by atoms with Crippen molar-refractivity contribution in [1.29, 1.82) is 0 Å². The number of methoxy groups -OCH3 is 1. The number of carboxylic acid groups (broad SMARTS) is 1. The summed E-state index contributed by atoms with van der Waals surface area (Å²) in [6.45, 7) is 1.44. The Labute approximate surface area is 158 Å². The third-order valence-corrected chi connectivity index (χ3v) is 4.45. The molecule has 0 aliphatic heterocycles. The highest BCUT2D eigenvalue weighted by Gasteiger charge is 2.27. The summed E-state index contributed by atoms with van der Waals surface area (Å²) >= 11 is 0. The average Bonchev–Trinajstić information content (AvgIpc) is 2.66. The van der Waals surface area contributed by atoms with Crippen LogP contribution < -0.4 is 4.74 Å². The number of likely N-dealkylation sites (N-methyl/N-ethyl adjacent to an activating group) is 1. The summed E-state index contributed by atoms with van der Waals surface area (Å²) in [6.07, 6.45) is 0.155. The lowest BCUT2D eigenvalue weighted by molar-refractivity contribution is -0.148. The molecule has 0 aromatic heterocycles. The van der Waals surface area contributed by atoms with E-state index in [2.05, 4.69) is 0 Å². The molecule has 0 saturated heterocycles. The monoisotopic (exact) mass is 369 g/mol. The lowest BCUT2D eigenvalue weighted by Crippen LogP contribution is -2.44. The number of benzene rings is 2. The number of hydrogen-bond acceptors (Lipinski definition) is 4. The molecule has 1 atom stereocenters. The van der Waals surface area contributed by atoms with Crippen molar-refractivity contribution in [3.8, 4) is 5.75 Å². The van der Waals surface area contributed by atoms with Crippen molar-refractivity contribution >= 4 is 17.7 Å². The van der Waals surface area contributed by atoms with E-state index < -0.39 is 12.0 Å². The van der Waals surface area contributed by atoms with Crippen molar-refractivity contribution in [2.45, 2.75) is 25.8 Å². The van der Waals surface area contributed by atoms with Gasteiger partial charge in [0.25, 0.3) is 0 Å². The van der Waals surface area contributed by atoms with Crippen LogP contribution in [0.15, 0.2) is 48.5 Å². The van der Waals surface area contributed by atoms with Crippen LogP contribution in [0, 0.1) is 0 Å². The molecule has 0 aliphatic carbocycles. The van der Waals surface area contributed by atoms with Gasteiger partial charge in [-0.25, -0.2) is 4.79 Å². The Hall–Kier alpha value is -3.15.